The molecule has 0 radical (unpaired) electrons. The highest BCUT2D eigenvalue weighted by Crippen LogP contribution is 2.28. The molecule has 0 bridgehead atoms. The molecule has 0 amide bonds. The summed E-state index contributed by atoms with van der Waals surface area (Å²) in [6.07, 6.45) is 4.65. The lowest BCUT2D eigenvalue weighted by Crippen LogP contribution is -2.35. The molecule has 3 heterocycles. The maximum atomic E-state index is 11.0. The molecule has 2 aromatic rings. The van der Waals surface area contributed by atoms with Crippen molar-refractivity contribution in [1.29, 1.82) is 0 Å². The van der Waals surface area contributed by atoms with Crippen molar-refractivity contribution in [2.45, 2.75) is 18.9 Å². The van der Waals surface area contributed by atoms with Crippen molar-refractivity contribution < 1.29 is 14.3 Å². The summed E-state index contributed by atoms with van der Waals surface area (Å²) in [5.41, 5.74) is 1.64. The predicted molar refractivity (Wildman–Crippen MR) is 65.1 cm³/mol. The van der Waals surface area contributed by atoms with Gasteiger partial charge in [-0.2, -0.15) is 0 Å². The molecule has 3 rings (SSSR count). The molecule has 2 atom stereocenters. The summed E-state index contributed by atoms with van der Waals surface area (Å²) in [4.78, 5) is 15.4. The number of aliphatic carboxylic acids is 1. The van der Waals surface area contributed by atoms with Gasteiger partial charge in [0.25, 0.3) is 0 Å². The zero-order valence-corrected chi connectivity index (χ0v) is 9.80. The van der Waals surface area contributed by atoms with Crippen LogP contribution in [-0.4, -0.2) is 22.6 Å². The predicted octanol–water partition coefficient (Wildman–Crippen LogP) is 1.95. The highest BCUT2D eigenvalue weighted by atomic mass is 16.4. The van der Waals surface area contributed by atoms with Crippen LogP contribution in [-0.2, 0) is 4.79 Å². The number of pyridine rings is 1. The van der Waals surface area contributed by atoms with Gasteiger partial charge in [0.1, 0.15) is 5.58 Å². The smallest absolute Gasteiger partial charge is 0.306 e. The number of rotatable bonds is 2. The number of piperidine rings is 1. The maximum Gasteiger partial charge on any atom is 0.306 e. The van der Waals surface area contributed by atoms with E-state index in [9.17, 15) is 4.79 Å². The molecule has 0 aliphatic carbocycles. The highest BCUT2D eigenvalue weighted by molar-refractivity contribution is 5.76. The molecule has 0 aromatic carbocycles. The van der Waals surface area contributed by atoms with Crippen LogP contribution in [0, 0.1) is 5.92 Å². The van der Waals surface area contributed by atoms with Gasteiger partial charge in [-0.05, 0) is 25.5 Å². The zero-order chi connectivity index (χ0) is 12.5. The molecule has 5 nitrogen and oxygen atoms in total. The minimum absolute atomic E-state index is 0.00523. The molecule has 1 aliphatic heterocycles. The summed E-state index contributed by atoms with van der Waals surface area (Å²) >= 11 is 0. The fourth-order valence-electron chi connectivity index (χ4n) is 2.43. The minimum Gasteiger partial charge on any atom is -0.481 e. The van der Waals surface area contributed by atoms with Gasteiger partial charge in [0, 0.05) is 17.6 Å². The summed E-state index contributed by atoms with van der Waals surface area (Å²) in [6, 6.07) is 3.74. The van der Waals surface area contributed by atoms with Crippen molar-refractivity contribution in [2.24, 2.45) is 5.92 Å². The van der Waals surface area contributed by atoms with E-state index in [2.05, 4.69) is 10.3 Å². The van der Waals surface area contributed by atoms with Crippen LogP contribution in [0.25, 0.3) is 11.0 Å². The van der Waals surface area contributed by atoms with Crippen LogP contribution >= 0.6 is 0 Å². The first-order valence-corrected chi connectivity index (χ1v) is 6.03. The van der Waals surface area contributed by atoms with Crippen molar-refractivity contribution in [3.05, 3.63) is 30.3 Å². The van der Waals surface area contributed by atoms with E-state index in [0.29, 0.717) is 19.4 Å². The van der Waals surface area contributed by atoms with Crippen LogP contribution in [0.3, 0.4) is 0 Å². The maximum absolute atomic E-state index is 11.0. The van der Waals surface area contributed by atoms with E-state index in [1.807, 2.05) is 12.1 Å². The lowest BCUT2D eigenvalue weighted by atomic mass is 9.91. The third-order valence-corrected chi connectivity index (χ3v) is 3.47. The summed E-state index contributed by atoms with van der Waals surface area (Å²) < 4.78 is 5.34. The Balaban J connectivity index is 1.86. The topological polar surface area (TPSA) is 75.4 Å². The molecular formula is C13H14N2O3. The van der Waals surface area contributed by atoms with Crippen LogP contribution in [0.5, 0.6) is 0 Å². The summed E-state index contributed by atoms with van der Waals surface area (Å²) in [6.45, 7) is 0.708. The third-order valence-electron chi connectivity index (χ3n) is 3.47. The molecule has 1 aliphatic rings. The van der Waals surface area contributed by atoms with Crippen LogP contribution in [0.15, 0.2) is 29.0 Å². The van der Waals surface area contributed by atoms with Gasteiger partial charge in [-0.3, -0.25) is 9.78 Å². The third kappa shape index (κ3) is 1.97. The number of nitrogens with one attached hydrogen (secondary N) is 1. The molecular weight excluding hydrogens is 232 g/mol. The lowest BCUT2D eigenvalue weighted by Gasteiger charge is -2.27. The van der Waals surface area contributed by atoms with Crippen LogP contribution < -0.4 is 5.32 Å². The van der Waals surface area contributed by atoms with Gasteiger partial charge in [-0.15, -0.1) is 0 Å². The number of aromatic nitrogens is 1. The van der Waals surface area contributed by atoms with E-state index >= 15 is 0 Å². The van der Waals surface area contributed by atoms with E-state index in [0.717, 1.165) is 16.7 Å². The van der Waals surface area contributed by atoms with Gasteiger partial charge < -0.3 is 14.8 Å². The molecule has 1 saturated heterocycles. The number of hydrogen-bond donors (Lipinski definition) is 2. The highest BCUT2D eigenvalue weighted by Gasteiger charge is 2.28. The van der Waals surface area contributed by atoms with Gasteiger partial charge >= 0.3 is 5.97 Å². The van der Waals surface area contributed by atoms with E-state index in [1.54, 1.807) is 12.5 Å². The Kier molecular flexibility index (Phi) is 2.76. The average Bonchev–Trinajstić information content (AvgIpc) is 2.86. The second-order valence-electron chi connectivity index (χ2n) is 4.63. The van der Waals surface area contributed by atoms with E-state index in [-0.39, 0.29) is 12.0 Å². The summed E-state index contributed by atoms with van der Waals surface area (Å²) in [7, 11) is 0. The number of carboxylic acid groups (broad SMARTS) is 1. The number of furan rings is 1. The Bertz CT molecular complexity index is 578. The SMILES string of the molecule is O=C(O)C1CCNC(c2cc3occc3cn2)C1. The van der Waals surface area contributed by atoms with E-state index in [1.165, 1.54) is 0 Å². The standard InChI is InChI=1S/C13H14N2O3/c16-13(17)8-1-3-14-10(5-8)11-6-12-9(7-15-11)2-4-18-12/h2,4,6-8,10,14H,1,3,5H2,(H,16,17). The van der Waals surface area contributed by atoms with Crippen LogP contribution in [0.2, 0.25) is 0 Å². The van der Waals surface area contributed by atoms with Gasteiger partial charge in [0.05, 0.1) is 23.9 Å². The summed E-state index contributed by atoms with van der Waals surface area (Å²) in [5.74, 6) is -1.01. The Labute approximate surface area is 104 Å². The quantitative estimate of drug-likeness (QED) is 0.847. The molecule has 2 unspecified atom stereocenters. The molecule has 1 fully saturated rings. The average molecular weight is 246 g/mol. The van der Waals surface area contributed by atoms with Crippen molar-refractivity contribution in [3.8, 4) is 0 Å². The Morgan fingerprint density at radius 1 is 1.56 bits per heavy atom. The van der Waals surface area contributed by atoms with Crippen molar-refractivity contribution in [2.75, 3.05) is 6.54 Å². The molecule has 0 saturated carbocycles. The number of hydrogen-bond acceptors (Lipinski definition) is 4. The first kappa shape index (κ1) is 11.2. The van der Waals surface area contributed by atoms with E-state index in [4.69, 9.17) is 9.52 Å². The Morgan fingerprint density at radius 2 is 2.44 bits per heavy atom. The summed E-state index contributed by atoms with van der Waals surface area (Å²) in [5, 5.41) is 13.3. The largest absolute Gasteiger partial charge is 0.481 e. The Hall–Kier alpha value is -1.88. The van der Waals surface area contributed by atoms with Crippen molar-refractivity contribution >= 4 is 16.9 Å². The van der Waals surface area contributed by atoms with E-state index < -0.39 is 5.97 Å². The van der Waals surface area contributed by atoms with Gasteiger partial charge in [0.2, 0.25) is 0 Å². The van der Waals surface area contributed by atoms with Gasteiger partial charge in [-0.1, -0.05) is 0 Å². The minimum atomic E-state index is -0.722. The molecule has 2 N–H and O–H groups in total. The molecule has 0 spiro atoms. The monoisotopic (exact) mass is 246 g/mol. The number of fused-ring (bicyclic) bond motifs is 1. The second kappa shape index (κ2) is 4.42. The molecule has 2 aromatic heterocycles. The lowest BCUT2D eigenvalue weighted by molar-refractivity contribution is -0.143. The normalized spacial score (nSPS) is 24.2. The first-order chi connectivity index (χ1) is 8.74. The number of carboxylic acids is 1. The van der Waals surface area contributed by atoms with Crippen molar-refractivity contribution in [1.82, 2.24) is 10.3 Å². The zero-order valence-electron chi connectivity index (χ0n) is 9.80. The fraction of sp³-hybridized carbons (Fsp3) is 0.385. The number of nitrogens with zero attached hydrogens (tertiary/aromatic N) is 1. The molecule has 18 heavy (non-hydrogen) atoms. The molecule has 94 valence electrons. The molecule has 5 heteroatoms. The fourth-order valence-corrected chi connectivity index (χ4v) is 2.43. The van der Waals surface area contributed by atoms with Crippen LogP contribution in [0.4, 0.5) is 0 Å². The van der Waals surface area contributed by atoms with Crippen LogP contribution in [0.1, 0.15) is 24.6 Å². The van der Waals surface area contributed by atoms with Gasteiger partial charge in [0.15, 0.2) is 0 Å². The first-order valence-electron chi connectivity index (χ1n) is 6.03. The Morgan fingerprint density at radius 3 is 3.28 bits per heavy atom. The van der Waals surface area contributed by atoms with Gasteiger partial charge in [-0.25, -0.2) is 0 Å². The van der Waals surface area contributed by atoms with Crippen molar-refractivity contribution in [3.63, 3.8) is 0 Å². The second-order valence-corrected chi connectivity index (χ2v) is 4.63. The number of carbonyl (C=O) groups is 1.